The van der Waals surface area contributed by atoms with E-state index < -0.39 is 0 Å². The Kier molecular flexibility index (Phi) is 4.97. The molecule has 0 radical (unpaired) electrons. The summed E-state index contributed by atoms with van der Waals surface area (Å²) in [5.41, 5.74) is 2.83. The number of hydrogen-bond donors (Lipinski definition) is 0. The van der Waals surface area contributed by atoms with Gasteiger partial charge in [0.15, 0.2) is 0 Å². The summed E-state index contributed by atoms with van der Waals surface area (Å²) >= 11 is 0. The van der Waals surface area contributed by atoms with Crippen molar-refractivity contribution in [1.29, 1.82) is 0 Å². The lowest BCUT2D eigenvalue weighted by atomic mass is 9.90. The fourth-order valence-corrected chi connectivity index (χ4v) is 2.95. The molecule has 1 aromatic rings. The van der Waals surface area contributed by atoms with Gasteiger partial charge in [-0.3, -0.25) is 9.69 Å². The smallest absolute Gasteiger partial charge is 0.305 e. The van der Waals surface area contributed by atoms with Gasteiger partial charge in [-0.1, -0.05) is 31.2 Å². The zero-order chi connectivity index (χ0) is 13.7. The van der Waals surface area contributed by atoms with Crippen molar-refractivity contribution in [3.8, 4) is 0 Å². The van der Waals surface area contributed by atoms with E-state index in [1.54, 1.807) is 0 Å². The molecule has 1 heterocycles. The molecule has 19 heavy (non-hydrogen) atoms. The standard InChI is InChI=1S/C16H23NO2/c1-3-11-17-12-10-13-6-4-5-7-14(13)15(17)8-9-16(18)19-2/h4-7,15H,3,8-12H2,1-2H3. The zero-order valence-electron chi connectivity index (χ0n) is 11.9. The summed E-state index contributed by atoms with van der Waals surface area (Å²) in [7, 11) is 1.46. The molecule has 3 nitrogen and oxygen atoms in total. The van der Waals surface area contributed by atoms with Gasteiger partial charge in [-0.2, -0.15) is 0 Å². The molecule has 0 amide bonds. The predicted octanol–water partition coefficient (Wildman–Crippen LogP) is 2.95. The Balaban J connectivity index is 2.15. The lowest BCUT2D eigenvalue weighted by Crippen LogP contribution is -2.36. The molecule has 3 heteroatoms. The van der Waals surface area contributed by atoms with Gasteiger partial charge in [0.25, 0.3) is 0 Å². The molecule has 0 aliphatic carbocycles. The van der Waals surface area contributed by atoms with E-state index in [0.29, 0.717) is 12.5 Å². The van der Waals surface area contributed by atoms with Crippen LogP contribution >= 0.6 is 0 Å². The second-order valence-corrected chi connectivity index (χ2v) is 5.12. The Morgan fingerprint density at radius 2 is 2.21 bits per heavy atom. The molecule has 104 valence electrons. The zero-order valence-corrected chi connectivity index (χ0v) is 11.9. The van der Waals surface area contributed by atoms with E-state index in [1.165, 1.54) is 18.2 Å². The number of esters is 1. The molecule has 0 saturated heterocycles. The Morgan fingerprint density at radius 1 is 1.42 bits per heavy atom. The van der Waals surface area contributed by atoms with E-state index in [0.717, 1.165) is 32.4 Å². The number of benzene rings is 1. The van der Waals surface area contributed by atoms with E-state index in [4.69, 9.17) is 4.74 Å². The molecular formula is C16H23NO2. The van der Waals surface area contributed by atoms with E-state index in [9.17, 15) is 4.79 Å². The molecule has 0 saturated carbocycles. The first-order valence-corrected chi connectivity index (χ1v) is 7.15. The highest BCUT2D eigenvalue weighted by atomic mass is 16.5. The number of rotatable bonds is 5. The molecule has 0 aromatic heterocycles. The first-order chi connectivity index (χ1) is 9.26. The molecule has 0 fully saturated rings. The second kappa shape index (κ2) is 6.71. The Hall–Kier alpha value is -1.35. The van der Waals surface area contributed by atoms with Crippen LogP contribution in [0.5, 0.6) is 0 Å². The van der Waals surface area contributed by atoms with Gasteiger partial charge in [0.2, 0.25) is 0 Å². The summed E-state index contributed by atoms with van der Waals surface area (Å²) in [5.74, 6) is -0.112. The Bertz CT molecular complexity index is 431. The Morgan fingerprint density at radius 3 is 2.95 bits per heavy atom. The van der Waals surface area contributed by atoms with Crippen LogP contribution in [0, 0.1) is 0 Å². The molecule has 0 spiro atoms. The summed E-state index contributed by atoms with van der Waals surface area (Å²) in [6.07, 6.45) is 3.61. The van der Waals surface area contributed by atoms with Crippen molar-refractivity contribution in [2.45, 2.75) is 38.6 Å². The minimum atomic E-state index is -0.112. The average Bonchev–Trinajstić information content (AvgIpc) is 2.45. The third-order valence-electron chi connectivity index (χ3n) is 3.88. The van der Waals surface area contributed by atoms with Crippen LogP contribution in [0.1, 0.15) is 43.4 Å². The molecule has 1 atom stereocenters. The molecule has 1 aliphatic heterocycles. The minimum Gasteiger partial charge on any atom is -0.469 e. The second-order valence-electron chi connectivity index (χ2n) is 5.12. The van der Waals surface area contributed by atoms with Crippen molar-refractivity contribution in [3.63, 3.8) is 0 Å². The van der Waals surface area contributed by atoms with Crippen LogP contribution in [0.2, 0.25) is 0 Å². The van der Waals surface area contributed by atoms with Crippen molar-refractivity contribution in [1.82, 2.24) is 4.90 Å². The van der Waals surface area contributed by atoms with Crippen molar-refractivity contribution in [2.75, 3.05) is 20.2 Å². The molecule has 2 rings (SSSR count). The SMILES string of the molecule is CCCN1CCc2ccccc2C1CCC(=O)OC. The van der Waals surface area contributed by atoms with Crippen molar-refractivity contribution >= 4 is 5.97 Å². The molecule has 1 unspecified atom stereocenters. The highest BCUT2D eigenvalue weighted by Crippen LogP contribution is 2.33. The van der Waals surface area contributed by atoms with Crippen LogP contribution in [0.3, 0.4) is 0 Å². The molecule has 0 N–H and O–H groups in total. The van der Waals surface area contributed by atoms with Crippen LogP contribution < -0.4 is 0 Å². The largest absolute Gasteiger partial charge is 0.469 e. The normalized spacial score (nSPS) is 18.9. The van der Waals surface area contributed by atoms with E-state index in [1.807, 2.05) is 0 Å². The van der Waals surface area contributed by atoms with Gasteiger partial charge < -0.3 is 4.74 Å². The van der Waals surface area contributed by atoms with Crippen molar-refractivity contribution in [3.05, 3.63) is 35.4 Å². The summed E-state index contributed by atoms with van der Waals surface area (Å²) in [6.45, 7) is 4.40. The fraction of sp³-hybridized carbons (Fsp3) is 0.562. The molecule has 1 aliphatic rings. The molecular weight excluding hydrogens is 238 g/mol. The highest BCUT2D eigenvalue weighted by molar-refractivity contribution is 5.69. The maximum Gasteiger partial charge on any atom is 0.305 e. The highest BCUT2D eigenvalue weighted by Gasteiger charge is 2.26. The van der Waals surface area contributed by atoms with Crippen molar-refractivity contribution in [2.24, 2.45) is 0 Å². The van der Waals surface area contributed by atoms with E-state index >= 15 is 0 Å². The third kappa shape index (κ3) is 3.35. The summed E-state index contributed by atoms with van der Waals surface area (Å²) in [5, 5.41) is 0. The van der Waals surface area contributed by atoms with Crippen LogP contribution in [-0.2, 0) is 16.0 Å². The lowest BCUT2D eigenvalue weighted by molar-refractivity contribution is -0.141. The molecule has 0 bridgehead atoms. The summed E-state index contributed by atoms with van der Waals surface area (Å²) in [6, 6.07) is 8.98. The Labute approximate surface area is 115 Å². The van der Waals surface area contributed by atoms with Gasteiger partial charge in [-0.15, -0.1) is 0 Å². The van der Waals surface area contributed by atoms with E-state index in [2.05, 4.69) is 36.1 Å². The predicted molar refractivity (Wildman–Crippen MR) is 76.0 cm³/mol. The van der Waals surface area contributed by atoms with Gasteiger partial charge in [0.1, 0.15) is 0 Å². The van der Waals surface area contributed by atoms with E-state index in [-0.39, 0.29) is 5.97 Å². The number of methoxy groups -OCH3 is 1. The van der Waals surface area contributed by atoms with Gasteiger partial charge in [-0.05, 0) is 36.9 Å². The minimum absolute atomic E-state index is 0.112. The number of ether oxygens (including phenoxy) is 1. The topological polar surface area (TPSA) is 29.5 Å². The first-order valence-electron chi connectivity index (χ1n) is 7.15. The number of fused-ring (bicyclic) bond motifs is 1. The van der Waals surface area contributed by atoms with Crippen LogP contribution in [0.25, 0.3) is 0 Å². The van der Waals surface area contributed by atoms with Crippen LogP contribution in [0.4, 0.5) is 0 Å². The lowest BCUT2D eigenvalue weighted by Gasteiger charge is -2.37. The van der Waals surface area contributed by atoms with Gasteiger partial charge in [0.05, 0.1) is 7.11 Å². The van der Waals surface area contributed by atoms with Gasteiger partial charge in [-0.25, -0.2) is 0 Å². The van der Waals surface area contributed by atoms with Crippen LogP contribution in [0.15, 0.2) is 24.3 Å². The fourth-order valence-electron chi connectivity index (χ4n) is 2.95. The number of carbonyl (C=O) groups is 1. The monoisotopic (exact) mass is 261 g/mol. The van der Waals surface area contributed by atoms with Gasteiger partial charge in [0, 0.05) is 19.0 Å². The average molecular weight is 261 g/mol. The van der Waals surface area contributed by atoms with Crippen LogP contribution in [-0.4, -0.2) is 31.1 Å². The summed E-state index contributed by atoms with van der Waals surface area (Å²) in [4.78, 5) is 13.9. The summed E-state index contributed by atoms with van der Waals surface area (Å²) < 4.78 is 4.77. The van der Waals surface area contributed by atoms with Crippen molar-refractivity contribution < 1.29 is 9.53 Å². The first kappa shape index (κ1) is 14.1. The van der Waals surface area contributed by atoms with Gasteiger partial charge >= 0.3 is 5.97 Å². The maximum atomic E-state index is 11.4. The maximum absolute atomic E-state index is 11.4. The third-order valence-corrected chi connectivity index (χ3v) is 3.88. The number of nitrogens with zero attached hydrogens (tertiary/aromatic N) is 1. The molecule has 1 aromatic carbocycles. The quantitative estimate of drug-likeness (QED) is 0.763. The number of carbonyl (C=O) groups excluding carboxylic acids is 1. The number of hydrogen-bond acceptors (Lipinski definition) is 3.